The van der Waals surface area contributed by atoms with Crippen LogP contribution in [0.4, 0.5) is 4.39 Å². The van der Waals surface area contributed by atoms with Crippen LogP contribution in [0.25, 0.3) is 11.1 Å². The van der Waals surface area contributed by atoms with Gasteiger partial charge in [0.05, 0.1) is 13.1 Å². The molecule has 27 heavy (non-hydrogen) atoms. The van der Waals surface area contributed by atoms with Crippen LogP contribution >= 0.6 is 11.6 Å². The maximum absolute atomic E-state index is 14.3. The molecule has 0 saturated carbocycles. The summed E-state index contributed by atoms with van der Waals surface area (Å²) in [5.41, 5.74) is 2.51. The molecule has 0 aliphatic carbocycles. The third kappa shape index (κ3) is 2.56. The SMILES string of the molecule is Cc1cc(C)c(C2(Cl)C(=O)N3CC(C)(F)CN3C2=O)cc1-c1ccccc1. The van der Waals surface area contributed by atoms with Crippen molar-refractivity contribution in [2.45, 2.75) is 31.3 Å². The highest BCUT2D eigenvalue weighted by Gasteiger charge is 2.63. The summed E-state index contributed by atoms with van der Waals surface area (Å²) in [6.07, 6.45) is 0. The molecule has 0 bridgehead atoms. The molecule has 2 heterocycles. The number of rotatable bonds is 2. The maximum atomic E-state index is 14.3. The van der Waals surface area contributed by atoms with Crippen molar-refractivity contribution in [2.24, 2.45) is 0 Å². The largest absolute Gasteiger partial charge is 0.276 e. The highest BCUT2D eigenvalue weighted by molar-refractivity contribution is 6.47. The standard InChI is InChI=1S/C21H20ClFN2O2/c1-13-9-14(2)17(10-16(13)15-7-5-4-6-8-15)21(22)18(26)24-11-20(3,23)12-25(24)19(21)27/h4-10H,11-12H2,1-3H3. The van der Waals surface area contributed by atoms with Gasteiger partial charge in [-0.05, 0) is 54.7 Å². The Labute approximate surface area is 162 Å². The van der Waals surface area contributed by atoms with E-state index >= 15 is 0 Å². The molecule has 2 aliphatic heterocycles. The van der Waals surface area contributed by atoms with Gasteiger partial charge in [-0.15, -0.1) is 0 Å². The van der Waals surface area contributed by atoms with Crippen LogP contribution < -0.4 is 0 Å². The molecule has 2 aliphatic rings. The average Bonchev–Trinajstić information content (AvgIpc) is 3.03. The minimum atomic E-state index is -1.85. The van der Waals surface area contributed by atoms with Gasteiger partial charge >= 0.3 is 0 Å². The van der Waals surface area contributed by atoms with E-state index in [1.807, 2.05) is 56.3 Å². The van der Waals surface area contributed by atoms with Gasteiger partial charge in [0.25, 0.3) is 11.8 Å². The quantitative estimate of drug-likeness (QED) is 0.583. The third-order valence-electron chi connectivity index (χ3n) is 5.34. The molecule has 4 rings (SSSR count). The molecule has 0 aromatic heterocycles. The van der Waals surface area contributed by atoms with Crippen molar-refractivity contribution in [1.82, 2.24) is 10.0 Å². The molecule has 2 saturated heterocycles. The Morgan fingerprint density at radius 1 is 0.963 bits per heavy atom. The molecular formula is C21H20ClFN2O2. The van der Waals surface area contributed by atoms with E-state index in [4.69, 9.17) is 11.6 Å². The minimum Gasteiger partial charge on any atom is -0.270 e. The molecule has 2 aromatic rings. The first-order chi connectivity index (χ1) is 12.6. The second-order valence-corrected chi connectivity index (χ2v) is 8.21. The Kier molecular flexibility index (Phi) is 3.86. The lowest BCUT2D eigenvalue weighted by Gasteiger charge is -2.23. The Morgan fingerprint density at radius 2 is 1.52 bits per heavy atom. The highest BCUT2D eigenvalue weighted by Crippen LogP contribution is 2.46. The van der Waals surface area contributed by atoms with Gasteiger partial charge in [0.2, 0.25) is 4.87 Å². The van der Waals surface area contributed by atoms with Gasteiger partial charge in [0, 0.05) is 0 Å². The van der Waals surface area contributed by atoms with Gasteiger partial charge < -0.3 is 0 Å². The van der Waals surface area contributed by atoms with Gasteiger partial charge in [0.15, 0.2) is 0 Å². The van der Waals surface area contributed by atoms with E-state index in [0.29, 0.717) is 5.56 Å². The normalized spacial score (nSPS) is 20.3. The van der Waals surface area contributed by atoms with E-state index in [2.05, 4.69) is 0 Å². The monoisotopic (exact) mass is 386 g/mol. The van der Waals surface area contributed by atoms with Crippen molar-refractivity contribution in [2.75, 3.05) is 13.1 Å². The first-order valence-electron chi connectivity index (χ1n) is 8.84. The Bertz CT molecular complexity index is 932. The average molecular weight is 387 g/mol. The molecule has 2 amide bonds. The number of halogens is 2. The fourth-order valence-corrected chi connectivity index (χ4v) is 4.44. The van der Waals surface area contributed by atoms with Crippen LogP contribution in [-0.2, 0) is 14.5 Å². The van der Waals surface area contributed by atoms with Crippen LogP contribution in [0.5, 0.6) is 0 Å². The lowest BCUT2D eigenvalue weighted by molar-refractivity contribution is -0.141. The predicted molar refractivity (Wildman–Crippen MR) is 102 cm³/mol. The number of alkyl halides is 2. The molecule has 2 fully saturated rings. The fourth-order valence-electron chi connectivity index (χ4n) is 4.04. The molecule has 0 N–H and O–H groups in total. The fraction of sp³-hybridized carbons (Fsp3) is 0.333. The second kappa shape index (κ2) is 5.80. The van der Waals surface area contributed by atoms with Crippen molar-refractivity contribution in [1.29, 1.82) is 0 Å². The molecule has 4 nitrogen and oxygen atoms in total. The summed E-state index contributed by atoms with van der Waals surface area (Å²) in [6, 6.07) is 13.5. The zero-order valence-corrected chi connectivity index (χ0v) is 16.2. The third-order valence-corrected chi connectivity index (χ3v) is 5.86. The summed E-state index contributed by atoms with van der Waals surface area (Å²) in [7, 11) is 0. The van der Waals surface area contributed by atoms with Gasteiger partial charge in [-0.3, -0.25) is 9.59 Å². The van der Waals surface area contributed by atoms with Crippen molar-refractivity contribution in [3.8, 4) is 11.1 Å². The van der Waals surface area contributed by atoms with E-state index in [-0.39, 0.29) is 13.1 Å². The van der Waals surface area contributed by atoms with Crippen LogP contribution in [0.3, 0.4) is 0 Å². The van der Waals surface area contributed by atoms with Gasteiger partial charge in [-0.25, -0.2) is 14.4 Å². The van der Waals surface area contributed by atoms with Gasteiger partial charge in [-0.1, -0.05) is 48.0 Å². The van der Waals surface area contributed by atoms with Crippen molar-refractivity contribution < 1.29 is 14.0 Å². The first-order valence-corrected chi connectivity index (χ1v) is 9.22. The Hall–Kier alpha value is -2.40. The minimum absolute atomic E-state index is 0.164. The van der Waals surface area contributed by atoms with Crippen LogP contribution in [-0.4, -0.2) is 40.6 Å². The summed E-state index contributed by atoms with van der Waals surface area (Å²) in [4.78, 5) is 24.3. The molecule has 140 valence electrons. The van der Waals surface area contributed by atoms with Crippen molar-refractivity contribution in [3.63, 3.8) is 0 Å². The zero-order chi connectivity index (χ0) is 19.6. The molecule has 0 radical (unpaired) electrons. The number of nitrogens with zero attached hydrogens (tertiary/aromatic N) is 2. The number of amides is 2. The number of carbonyl (C=O) groups is 2. The highest BCUT2D eigenvalue weighted by atomic mass is 35.5. The summed E-state index contributed by atoms with van der Waals surface area (Å²) in [5, 5.41) is 2.30. The number of carbonyl (C=O) groups excluding carboxylic acids is 2. The topological polar surface area (TPSA) is 40.6 Å². The molecule has 0 unspecified atom stereocenters. The van der Waals surface area contributed by atoms with Gasteiger partial charge in [0.1, 0.15) is 5.67 Å². The van der Waals surface area contributed by atoms with Crippen LogP contribution in [0, 0.1) is 13.8 Å². The lowest BCUT2D eigenvalue weighted by atomic mass is 9.87. The van der Waals surface area contributed by atoms with Crippen LogP contribution in [0.15, 0.2) is 42.5 Å². The lowest BCUT2D eigenvalue weighted by Crippen LogP contribution is -2.41. The Morgan fingerprint density at radius 3 is 2.07 bits per heavy atom. The van der Waals surface area contributed by atoms with E-state index in [9.17, 15) is 14.0 Å². The molecule has 0 spiro atoms. The summed E-state index contributed by atoms with van der Waals surface area (Å²) in [6.45, 7) is 4.87. The molecular weight excluding hydrogens is 367 g/mol. The second-order valence-electron chi connectivity index (χ2n) is 7.65. The first kappa shape index (κ1) is 18.0. The molecule has 6 heteroatoms. The van der Waals surface area contributed by atoms with Crippen molar-refractivity contribution in [3.05, 3.63) is 59.2 Å². The summed E-state index contributed by atoms with van der Waals surface area (Å²) < 4.78 is 14.3. The summed E-state index contributed by atoms with van der Waals surface area (Å²) >= 11 is 6.70. The number of hydrazine groups is 1. The predicted octanol–water partition coefficient (Wildman–Crippen LogP) is 3.73. The van der Waals surface area contributed by atoms with E-state index in [1.165, 1.54) is 6.92 Å². The maximum Gasteiger partial charge on any atom is 0.276 e. The molecule has 0 atom stereocenters. The number of hydrogen-bond acceptors (Lipinski definition) is 2. The van der Waals surface area contributed by atoms with E-state index < -0.39 is 22.4 Å². The summed E-state index contributed by atoms with van der Waals surface area (Å²) in [5.74, 6) is -1.16. The van der Waals surface area contributed by atoms with E-state index in [1.54, 1.807) is 0 Å². The zero-order valence-electron chi connectivity index (χ0n) is 15.4. The Balaban J connectivity index is 1.84. The number of hydrogen-bond donors (Lipinski definition) is 0. The van der Waals surface area contributed by atoms with Crippen molar-refractivity contribution >= 4 is 23.4 Å². The number of aryl methyl sites for hydroxylation is 2. The van der Waals surface area contributed by atoms with Crippen LogP contribution in [0.1, 0.15) is 23.6 Å². The van der Waals surface area contributed by atoms with E-state index in [0.717, 1.165) is 32.3 Å². The smallest absolute Gasteiger partial charge is 0.270 e. The van der Waals surface area contributed by atoms with Gasteiger partial charge in [-0.2, -0.15) is 0 Å². The van der Waals surface area contributed by atoms with Crippen LogP contribution in [0.2, 0.25) is 0 Å². The number of fused-ring (bicyclic) bond motifs is 1. The molecule has 2 aromatic carbocycles. The number of benzene rings is 2.